The van der Waals surface area contributed by atoms with Crippen molar-refractivity contribution in [3.63, 3.8) is 0 Å². The van der Waals surface area contributed by atoms with Crippen molar-refractivity contribution in [2.75, 3.05) is 10.6 Å². The zero-order valence-electron chi connectivity index (χ0n) is 31.3. The van der Waals surface area contributed by atoms with Crippen LogP contribution in [0.1, 0.15) is 61.8 Å². The van der Waals surface area contributed by atoms with E-state index in [1.54, 1.807) is 55.8 Å². The first-order valence-corrected chi connectivity index (χ1v) is 20.7. The van der Waals surface area contributed by atoms with Crippen molar-refractivity contribution in [1.29, 1.82) is 0 Å². The summed E-state index contributed by atoms with van der Waals surface area (Å²) in [6.07, 6.45) is 0. The molecule has 2 aliphatic heterocycles. The average Bonchev–Trinajstić information content (AvgIpc) is 3.90. The minimum Gasteiger partial charge on any atom is -0.508 e. The van der Waals surface area contributed by atoms with Gasteiger partial charge < -0.3 is 29.4 Å². The molecule has 59 heavy (non-hydrogen) atoms. The number of hydrogen-bond donors (Lipinski definition) is 3. The zero-order chi connectivity index (χ0) is 42.3. The number of aromatic nitrogens is 4. The van der Waals surface area contributed by atoms with Crippen LogP contribution in [-0.2, 0) is 19.7 Å². The fourth-order valence-electron chi connectivity index (χ4n) is 6.90. The maximum atomic E-state index is 13.2. The zero-order valence-corrected chi connectivity index (χ0v) is 33.8. The maximum absolute atomic E-state index is 13.2. The van der Waals surface area contributed by atoms with Crippen molar-refractivity contribution in [2.24, 2.45) is 10.8 Å². The predicted molar refractivity (Wildman–Crippen MR) is 212 cm³/mol. The Bertz CT molecular complexity index is 2640. The van der Waals surface area contributed by atoms with Crippen LogP contribution in [0.2, 0.25) is 0 Å². The van der Waals surface area contributed by atoms with Crippen LogP contribution in [0, 0.1) is 10.8 Å². The summed E-state index contributed by atoms with van der Waals surface area (Å²) in [5, 5.41) is 31.3. The van der Waals surface area contributed by atoms with Crippen LogP contribution in [0.4, 0.5) is 23.4 Å². The first-order chi connectivity index (χ1) is 27.9. The highest BCUT2D eigenvalue weighted by Crippen LogP contribution is 2.54. The summed E-state index contributed by atoms with van der Waals surface area (Å²) < 4.78 is 77.0. The molecule has 0 radical (unpaired) electrons. The smallest absolute Gasteiger partial charge is 0.508 e. The first-order valence-electron chi connectivity index (χ1n) is 17.5. The van der Waals surface area contributed by atoms with Crippen molar-refractivity contribution >= 4 is 54.9 Å². The van der Waals surface area contributed by atoms with Crippen LogP contribution in [0.3, 0.4) is 0 Å². The van der Waals surface area contributed by atoms with E-state index < -0.39 is 38.1 Å². The Balaban J connectivity index is 0.000000184. The van der Waals surface area contributed by atoms with Gasteiger partial charge in [-0.2, -0.15) is 21.6 Å². The molecule has 0 saturated heterocycles. The Labute approximate surface area is 343 Å². The van der Waals surface area contributed by atoms with Gasteiger partial charge in [0.05, 0.1) is 10.8 Å². The topological polar surface area (TPSA) is 192 Å². The molecular weight excluding hydrogens is 834 g/mol. The van der Waals surface area contributed by atoms with Crippen molar-refractivity contribution in [3.05, 3.63) is 118 Å². The Morgan fingerprint density at radius 2 is 1.12 bits per heavy atom. The lowest BCUT2D eigenvalue weighted by Gasteiger charge is -2.38. The minimum absolute atomic E-state index is 0.0744. The molecule has 4 heterocycles. The van der Waals surface area contributed by atoms with Crippen LogP contribution in [0.25, 0.3) is 0 Å². The normalized spacial score (nSPS) is 15.6. The van der Waals surface area contributed by atoms with Gasteiger partial charge in [-0.15, -0.1) is 20.4 Å². The second-order valence-corrected chi connectivity index (χ2v) is 17.6. The molecule has 3 N–H and O–H groups in total. The average molecular weight is 867 g/mol. The van der Waals surface area contributed by atoms with E-state index in [2.05, 4.69) is 35.2 Å². The van der Waals surface area contributed by atoms with Crippen LogP contribution in [0.15, 0.2) is 96.0 Å². The van der Waals surface area contributed by atoms with Gasteiger partial charge in [-0.05, 0) is 24.3 Å². The quantitative estimate of drug-likeness (QED) is 0.0975. The summed E-state index contributed by atoms with van der Waals surface area (Å²) in [5.41, 5.74) is -1.46. The number of benzene rings is 4. The summed E-state index contributed by atoms with van der Waals surface area (Å²) in [6, 6.07) is 23.1. The van der Waals surface area contributed by atoms with E-state index >= 15 is 0 Å². The van der Waals surface area contributed by atoms with E-state index in [-0.39, 0.29) is 29.2 Å². The number of nitrogens with one attached hydrogen (secondary N) is 2. The van der Waals surface area contributed by atoms with E-state index in [0.29, 0.717) is 38.6 Å². The number of anilines is 2. The molecule has 2 atom stereocenters. The molecular formula is C39H33F3N6O8S3. The van der Waals surface area contributed by atoms with E-state index in [1.165, 1.54) is 22.9 Å². The molecule has 0 spiro atoms. The van der Waals surface area contributed by atoms with Gasteiger partial charge in [-0.1, -0.05) is 98.9 Å². The molecule has 2 aromatic heterocycles. The third kappa shape index (κ3) is 8.15. The number of phenolic OH excluding ortho intramolecular Hbond substituents is 1. The second-order valence-electron chi connectivity index (χ2n) is 14.4. The summed E-state index contributed by atoms with van der Waals surface area (Å²) in [6.45, 7) is 7.20. The van der Waals surface area contributed by atoms with Crippen molar-refractivity contribution < 1.29 is 49.9 Å². The van der Waals surface area contributed by atoms with Gasteiger partial charge in [-0.25, -0.2) is 0 Å². The number of carbonyl (C=O) groups is 2. The van der Waals surface area contributed by atoms with Gasteiger partial charge in [0.1, 0.15) is 45.5 Å². The molecule has 2 aliphatic rings. The van der Waals surface area contributed by atoms with Gasteiger partial charge in [0.2, 0.25) is 22.1 Å². The van der Waals surface area contributed by atoms with E-state index in [9.17, 15) is 36.3 Å². The largest absolute Gasteiger partial charge is 0.534 e. The first kappa shape index (κ1) is 41.1. The van der Waals surface area contributed by atoms with Gasteiger partial charge in [0.15, 0.2) is 0 Å². The molecule has 6 aromatic rings. The molecule has 4 aromatic carbocycles. The number of para-hydroxylation sites is 2. The number of fused-ring (bicyclic) bond motifs is 4. The number of phenols is 1. The van der Waals surface area contributed by atoms with Crippen LogP contribution >= 0.6 is 22.7 Å². The van der Waals surface area contributed by atoms with Gasteiger partial charge in [0, 0.05) is 46.2 Å². The summed E-state index contributed by atoms with van der Waals surface area (Å²) in [7, 11) is -5.85. The molecule has 0 saturated carbocycles. The van der Waals surface area contributed by atoms with Crippen molar-refractivity contribution in [3.8, 4) is 34.5 Å². The van der Waals surface area contributed by atoms with Gasteiger partial charge >= 0.3 is 15.6 Å². The number of carbonyl (C=O) groups excluding carboxylic acids is 2. The lowest BCUT2D eigenvalue weighted by atomic mass is 9.69. The van der Waals surface area contributed by atoms with E-state index in [0.717, 1.165) is 34.6 Å². The van der Waals surface area contributed by atoms with E-state index in [1.807, 2.05) is 44.2 Å². The fourth-order valence-corrected chi connectivity index (χ4v) is 8.23. The predicted octanol–water partition coefficient (Wildman–Crippen LogP) is 8.82. The van der Waals surface area contributed by atoms with Crippen molar-refractivity contribution in [1.82, 2.24) is 20.4 Å². The molecule has 0 bridgehead atoms. The number of halogens is 3. The highest BCUT2D eigenvalue weighted by molar-refractivity contribution is 7.88. The Hall–Kier alpha value is -6.12. The molecule has 0 aliphatic carbocycles. The molecule has 8 rings (SSSR count). The standard InChI is InChI=1S/C20H16F3N3O5S2.C19H17N3O3S/c1-19(2,17(27)25-18-26-24-10-32-18)16-12-5-3-4-6-14(12)30-15-9-11(7-8-13(15)16)31-33(28,29)20(21,22)23;1-19(2,17(24)21-18-22-20-10-26-18)16-12-5-3-4-6-14(12)25-15-9-11(23)7-8-13(15)16/h3-10,16H,1-2H3,(H,25,26,27);3-10,16,23H,1-2H3,(H,21,22,24). The highest BCUT2D eigenvalue weighted by Gasteiger charge is 2.49. The third-order valence-electron chi connectivity index (χ3n) is 9.77. The molecule has 14 nitrogen and oxygen atoms in total. The molecule has 306 valence electrons. The summed E-state index contributed by atoms with van der Waals surface area (Å²) >= 11 is 2.43. The number of rotatable bonds is 8. The number of nitrogens with zero attached hydrogens (tertiary/aromatic N) is 4. The fraction of sp³-hybridized carbons (Fsp3) is 0.231. The molecule has 20 heteroatoms. The van der Waals surface area contributed by atoms with Crippen LogP contribution < -0.4 is 24.3 Å². The van der Waals surface area contributed by atoms with E-state index in [4.69, 9.17) is 9.47 Å². The molecule has 2 amide bonds. The maximum Gasteiger partial charge on any atom is 0.534 e. The number of ether oxygens (including phenoxy) is 2. The third-order valence-corrected chi connectivity index (χ3v) is 12.0. The monoisotopic (exact) mass is 866 g/mol. The van der Waals surface area contributed by atoms with Crippen LogP contribution in [0.5, 0.6) is 34.5 Å². The lowest BCUT2D eigenvalue weighted by Crippen LogP contribution is -2.38. The van der Waals surface area contributed by atoms with Crippen LogP contribution in [-0.4, -0.2) is 51.2 Å². The SMILES string of the molecule is CC(C)(C(=O)Nc1nncs1)C1c2ccccc2Oc2cc(O)ccc21.CC(C)(C(=O)Nc1nncs1)C1c2ccccc2Oc2cc(OS(=O)(=O)C(F)(F)F)ccc21. The Kier molecular flexibility index (Phi) is 10.8. The number of amides is 2. The Morgan fingerprint density at radius 3 is 1.58 bits per heavy atom. The highest BCUT2D eigenvalue weighted by atomic mass is 32.2. The lowest BCUT2D eigenvalue weighted by molar-refractivity contribution is -0.125. The number of hydrogen-bond acceptors (Lipinski definition) is 14. The van der Waals surface area contributed by atoms with Gasteiger partial charge in [-0.3, -0.25) is 9.59 Å². The van der Waals surface area contributed by atoms with Crippen molar-refractivity contribution in [2.45, 2.75) is 45.0 Å². The molecule has 2 unspecified atom stereocenters. The van der Waals surface area contributed by atoms with Gasteiger partial charge in [0.25, 0.3) is 0 Å². The minimum atomic E-state index is -5.85. The summed E-state index contributed by atoms with van der Waals surface area (Å²) in [4.78, 5) is 26.2. The Morgan fingerprint density at radius 1 is 0.678 bits per heavy atom. The summed E-state index contributed by atoms with van der Waals surface area (Å²) in [5.74, 6) is -0.0966. The second kappa shape index (κ2) is 15.6. The number of aromatic hydroxyl groups is 1. The number of alkyl halides is 3. The molecule has 0 fully saturated rings.